The fourth-order valence-electron chi connectivity index (χ4n) is 3.04. The number of carboxylic acid groups (broad SMARTS) is 1. The van der Waals surface area contributed by atoms with Gasteiger partial charge in [0.25, 0.3) is 0 Å². The van der Waals surface area contributed by atoms with Crippen molar-refractivity contribution in [2.45, 2.75) is 33.6 Å². The van der Waals surface area contributed by atoms with Crippen molar-refractivity contribution in [3.05, 3.63) is 41.0 Å². The van der Waals surface area contributed by atoms with Crippen molar-refractivity contribution >= 4 is 11.7 Å². The smallest absolute Gasteiger partial charge is 0.335 e. The molecule has 2 atom stereocenters. The van der Waals surface area contributed by atoms with E-state index in [4.69, 9.17) is 5.11 Å². The molecule has 1 aromatic carbocycles. The Morgan fingerprint density at radius 1 is 1.40 bits per heavy atom. The van der Waals surface area contributed by atoms with Gasteiger partial charge in [0.15, 0.2) is 0 Å². The molecule has 0 amide bonds. The quantitative estimate of drug-likeness (QED) is 0.812. The molecule has 2 rings (SSSR count). The van der Waals surface area contributed by atoms with Crippen LogP contribution in [0.5, 0.6) is 0 Å². The highest BCUT2D eigenvalue weighted by molar-refractivity contribution is 5.89. The fourth-order valence-corrected chi connectivity index (χ4v) is 3.04. The van der Waals surface area contributed by atoms with Gasteiger partial charge in [0.2, 0.25) is 0 Å². The molecule has 0 saturated carbocycles. The van der Waals surface area contributed by atoms with Crippen LogP contribution in [0.15, 0.2) is 29.8 Å². The van der Waals surface area contributed by atoms with Crippen LogP contribution in [0.2, 0.25) is 0 Å². The third-order valence-electron chi connectivity index (χ3n) is 3.95. The molecule has 0 saturated heterocycles. The number of carbonyl (C=O) groups is 1. The number of carboxylic acids is 1. The number of rotatable bonds is 4. The number of anilines is 1. The van der Waals surface area contributed by atoms with Crippen LogP contribution in [0.1, 0.15) is 42.6 Å². The van der Waals surface area contributed by atoms with Gasteiger partial charge >= 0.3 is 5.97 Å². The van der Waals surface area contributed by atoms with Crippen LogP contribution in [0, 0.1) is 18.8 Å². The highest BCUT2D eigenvalue weighted by Crippen LogP contribution is 2.28. The van der Waals surface area contributed by atoms with E-state index in [9.17, 15) is 4.79 Å². The van der Waals surface area contributed by atoms with Crippen LogP contribution in [0.3, 0.4) is 0 Å². The molecule has 0 aliphatic heterocycles. The zero-order chi connectivity index (χ0) is 14.7. The van der Waals surface area contributed by atoms with E-state index in [1.807, 2.05) is 13.0 Å². The number of aromatic carboxylic acids is 1. The van der Waals surface area contributed by atoms with Gasteiger partial charge in [-0.1, -0.05) is 24.6 Å². The fraction of sp³-hybridized carbons (Fsp3) is 0.471. The molecule has 0 aromatic heterocycles. The Hall–Kier alpha value is -1.77. The van der Waals surface area contributed by atoms with Crippen molar-refractivity contribution in [2.24, 2.45) is 11.8 Å². The minimum atomic E-state index is -0.877. The molecule has 3 heteroatoms. The lowest BCUT2D eigenvalue weighted by molar-refractivity contribution is 0.0697. The maximum absolute atomic E-state index is 11.0. The number of benzene rings is 1. The van der Waals surface area contributed by atoms with Gasteiger partial charge in [-0.2, -0.15) is 0 Å². The van der Waals surface area contributed by atoms with Crippen molar-refractivity contribution in [3.8, 4) is 0 Å². The molecule has 0 bridgehead atoms. The number of allylic oxidation sites excluding steroid dienone is 2. The SMILES string of the molecule is CC1=CC(C)CC(CNc2cc(C(=O)O)ccc2C)C1. The summed E-state index contributed by atoms with van der Waals surface area (Å²) in [4.78, 5) is 11.0. The average Bonchev–Trinajstić information content (AvgIpc) is 2.36. The Morgan fingerprint density at radius 3 is 2.80 bits per heavy atom. The second-order valence-electron chi connectivity index (χ2n) is 6.01. The van der Waals surface area contributed by atoms with Crippen LogP contribution in [0.25, 0.3) is 0 Å². The molecule has 0 fully saturated rings. The van der Waals surface area contributed by atoms with Gasteiger partial charge < -0.3 is 10.4 Å². The Morgan fingerprint density at radius 2 is 2.15 bits per heavy atom. The predicted octanol–water partition coefficient (Wildman–Crippen LogP) is 4.10. The van der Waals surface area contributed by atoms with Gasteiger partial charge in [0, 0.05) is 12.2 Å². The van der Waals surface area contributed by atoms with Gasteiger partial charge in [-0.3, -0.25) is 0 Å². The molecule has 1 aliphatic rings. The Labute approximate surface area is 120 Å². The third kappa shape index (κ3) is 3.62. The lowest BCUT2D eigenvalue weighted by Gasteiger charge is -2.26. The molecule has 1 aliphatic carbocycles. The van der Waals surface area contributed by atoms with E-state index in [1.165, 1.54) is 12.0 Å². The number of aryl methyl sites for hydroxylation is 1. The summed E-state index contributed by atoms with van der Waals surface area (Å²) in [6, 6.07) is 5.24. The van der Waals surface area contributed by atoms with Gasteiger partial charge in [-0.05, 0) is 56.2 Å². The van der Waals surface area contributed by atoms with Crippen LogP contribution >= 0.6 is 0 Å². The minimum absolute atomic E-state index is 0.339. The van der Waals surface area contributed by atoms with Gasteiger partial charge in [-0.15, -0.1) is 0 Å². The van der Waals surface area contributed by atoms with Crippen LogP contribution in [0.4, 0.5) is 5.69 Å². The lowest BCUT2D eigenvalue weighted by atomic mass is 9.83. The van der Waals surface area contributed by atoms with E-state index < -0.39 is 5.97 Å². The molecule has 2 N–H and O–H groups in total. The van der Waals surface area contributed by atoms with Crippen LogP contribution in [-0.4, -0.2) is 17.6 Å². The summed E-state index contributed by atoms with van der Waals surface area (Å²) in [5, 5.41) is 12.5. The molecule has 20 heavy (non-hydrogen) atoms. The Bertz CT molecular complexity index is 534. The molecule has 0 radical (unpaired) electrons. The van der Waals surface area contributed by atoms with Crippen LogP contribution in [-0.2, 0) is 0 Å². The number of hydrogen-bond acceptors (Lipinski definition) is 2. The standard InChI is InChI=1S/C17H23NO2/c1-11-6-12(2)8-14(7-11)10-18-16-9-15(17(19)20)5-4-13(16)3/h4-6,9,11,14,18H,7-8,10H2,1-3H3,(H,19,20). The summed E-state index contributed by atoms with van der Waals surface area (Å²) in [5.74, 6) is 0.392. The van der Waals surface area contributed by atoms with E-state index in [2.05, 4.69) is 25.2 Å². The molecular weight excluding hydrogens is 250 g/mol. The van der Waals surface area contributed by atoms with Gasteiger partial charge in [0.05, 0.1) is 5.56 Å². The summed E-state index contributed by atoms with van der Waals surface area (Å²) < 4.78 is 0. The first-order valence-corrected chi connectivity index (χ1v) is 7.21. The third-order valence-corrected chi connectivity index (χ3v) is 3.95. The topological polar surface area (TPSA) is 49.3 Å². The molecule has 2 unspecified atom stereocenters. The summed E-state index contributed by atoms with van der Waals surface area (Å²) >= 11 is 0. The normalized spacial score (nSPS) is 22.2. The summed E-state index contributed by atoms with van der Waals surface area (Å²) in [5.41, 5.74) is 3.83. The van der Waals surface area contributed by atoms with Crippen molar-refractivity contribution in [1.29, 1.82) is 0 Å². The number of nitrogens with one attached hydrogen (secondary N) is 1. The summed E-state index contributed by atoms with van der Waals surface area (Å²) in [7, 11) is 0. The van der Waals surface area contributed by atoms with Crippen LogP contribution < -0.4 is 5.32 Å². The van der Waals surface area contributed by atoms with E-state index in [1.54, 1.807) is 12.1 Å². The molecule has 0 spiro atoms. The maximum Gasteiger partial charge on any atom is 0.335 e. The van der Waals surface area contributed by atoms with E-state index in [-0.39, 0.29) is 0 Å². The van der Waals surface area contributed by atoms with E-state index in [0.29, 0.717) is 17.4 Å². The van der Waals surface area contributed by atoms with Crippen molar-refractivity contribution < 1.29 is 9.90 Å². The molecular formula is C17H23NO2. The zero-order valence-electron chi connectivity index (χ0n) is 12.4. The van der Waals surface area contributed by atoms with Crippen molar-refractivity contribution in [2.75, 3.05) is 11.9 Å². The van der Waals surface area contributed by atoms with Crippen molar-refractivity contribution in [3.63, 3.8) is 0 Å². The monoisotopic (exact) mass is 273 g/mol. The lowest BCUT2D eigenvalue weighted by Crippen LogP contribution is -2.20. The first-order chi connectivity index (χ1) is 9.45. The highest BCUT2D eigenvalue weighted by Gasteiger charge is 2.18. The van der Waals surface area contributed by atoms with Gasteiger partial charge in [-0.25, -0.2) is 4.79 Å². The van der Waals surface area contributed by atoms with E-state index in [0.717, 1.165) is 24.2 Å². The first-order valence-electron chi connectivity index (χ1n) is 7.21. The second kappa shape index (κ2) is 6.12. The largest absolute Gasteiger partial charge is 0.478 e. The minimum Gasteiger partial charge on any atom is -0.478 e. The first kappa shape index (κ1) is 14.6. The second-order valence-corrected chi connectivity index (χ2v) is 6.01. The Balaban J connectivity index is 2.02. The van der Waals surface area contributed by atoms with Gasteiger partial charge in [0.1, 0.15) is 0 Å². The summed E-state index contributed by atoms with van der Waals surface area (Å²) in [6.45, 7) is 7.35. The zero-order valence-corrected chi connectivity index (χ0v) is 12.4. The predicted molar refractivity (Wildman–Crippen MR) is 82.3 cm³/mol. The summed E-state index contributed by atoms with van der Waals surface area (Å²) in [6.07, 6.45) is 4.68. The number of hydrogen-bond donors (Lipinski definition) is 2. The molecule has 3 nitrogen and oxygen atoms in total. The highest BCUT2D eigenvalue weighted by atomic mass is 16.4. The average molecular weight is 273 g/mol. The van der Waals surface area contributed by atoms with E-state index >= 15 is 0 Å². The van der Waals surface area contributed by atoms with Crippen molar-refractivity contribution in [1.82, 2.24) is 0 Å². The maximum atomic E-state index is 11.0. The Kier molecular flexibility index (Phi) is 4.48. The molecule has 1 aromatic rings. The molecule has 108 valence electrons. The molecule has 0 heterocycles.